The zero-order chi connectivity index (χ0) is 23.9. The lowest BCUT2D eigenvalue weighted by Crippen LogP contribution is -2.32. The molecule has 0 aliphatic carbocycles. The summed E-state index contributed by atoms with van der Waals surface area (Å²) in [6.07, 6.45) is -5.14. The molecule has 0 fully saturated rings. The number of alkyl halides is 3. The van der Waals surface area contributed by atoms with Crippen LogP contribution in [-0.2, 0) is 13.1 Å². The quantitative estimate of drug-likeness (QED) is 0.533. The molecule has 1 aliphatic heterocycles. The second-order valence-electron chi connectivity index (χ2n) is 7.74. The Kier molecular flexibility index (Phi) is 5.57. The fourth-order valence-electron chi connectivity index (χ4n) is 3.53. The van der Waals surface area contributed by atoms with Crippen LogP contribution < -0.4 is 4.74 Å². The summed E-state index contributed by atoms with van der Waals surface area (Å²) in [5.74, 6) is -1.26. The van der Waals surface area contributed by atoms with Gasteiger partial charge in [-0.3, -0.25) is 4.79 Å². The Balaban J connectivity index is 1.59. The summed E-state index contributed by atoms with van der Waals surface area (Å²) in [6, 6.07) is 10.5. The molecule has 2 aromatic carbocycles. The van der Waals surface area contributed by atoms with Crippen molar-refractivity contribution in [2.45, 2.75) is 39.2 Å². The van der Waals surface area contributed by atoms with Crippen molar-refractivity contribution in [3.05, 3.63) is 76.4 Å². The third kappa shape index (κ3) is 4.26. The second kappa shape index (κ2) is 8.24. The van der Waals surface area contributed by atoms with E-state index >= 15 is 0 Å². The molecule has 6 nitrogen and oxygen atoms in total. The predicted molar refractivity (Wildman–Crippen MR) is 109 cm³/mol. The largest absolute Gasteiger partial charge is 0.480 e. The SMILES string of the molecule is Cc1cccc(-n2cc3c(n2)CN(C(=O)c2cc(C#N)ccc2OC(C)C(F)(F)F)C3)c1F. The molecule has 10 heteroatoms. The van der Waals surface area contributed by atoms with Crippen molar-refractivity contribution < 1.29 is 27.1 Å². The molecule has 4 rings (SSSR count). The van der Waals surface area contributed by atoms with Gasteiger partial charge in [0.1, 0.15) is 11.4 Å². The minimum absolute atomic E-state index is 0.0830. The third-order valence-electron chi connectivity index (χ3n) is 5.39. The molecule has 2 heterocycles. The van der Waals surface area contributed by atoms with E-state index in [4.69, 9.17) is 10.00 Å². The third-order valence-corrected chi connectivity index (χ3v) is 5.39. The number of carbonyl (C=O) groups is 1. The number of nitriles is 1. The fourth-order valence-corrected chi connectivity index (χ4v) is 3.53. The van der Waals surface area contributed by atoms with Crippen LogP contribution in [0.5, 0.6) is 5.75 Å². The van der Waals surface area contributed by atoms with E-state index in [0.717, 1.165) is 6.92 Å². The van der Waals surface area contributed by atoms with Gasteiger partial charge in [-0.1, -0.05) is 12.1 Å². The van der Waals surface area contributed by atoms with E-state index < -0.39 is 24.0 Å². The van der Waals surface area contributed by atoms with Crippen molar-refractivity contribution in [2.24, 2.45) is 0 Å². The number of ether oxygens (including phenoxy) is 1. The number of halogens is 4. The van der Waals surface area contributed by atoms with Gasteiger partial charge in [0.25, 0.3) is 5.91 Å². The molecule has 1 unspecified atom stereocenters. The molecule has 0 spiro atoms. The summed E-state index contributed by atoms with van der Waals surface area (Å²) in [5.41, 5.74) is 1.95. The number of nitrogens with zero attached hydrogens (tertiary/aromatic N) is 4. The minimum atomic E-state index is -4.62. The van der Waals surface area contributed by atoms with E-state index in [-0.39, 0.29) is 35.7 Å². The van der Waals surface area contributed by atoms with Crippen LogP contribution in [-0.4, -0.2) is 32.9 Å². The zero-order valence-corrected chi connectivity index (χ0v) is 17.7. The first-order chi connectivity index (χ1) is 15.6. The lowest BCUT2D eigenvalue weighted by molar-refractivity contribution is -0.189. The number of fused-ring (bicyclic) bond motifs is 1. The highest BCUT2D eigenvalue weighted by Gasteiger charge is 2.39. The van der Waals surface area contributed by atoms with E-state index in [1.165, 1.54) is 27.8 Å². The fraction of sp³-hybridized carbons (Fsp3) is 0.261. The summed E-state index contributed by atoms with van der Waals surface area (Å²) in [4.78, 5) is 14.5. The highest BCUT2D eigenvalue weighted by molar-refractivity contribution is 5.97. The lowest BCUT2D eigenvalue weighted by Gasteiger charge is -2.22. The number of hydrogen-bond donors (Lipinski definition) is 0. The Labute approximate surface area is 186 Å². The highest BCUT2D eigenvalue weighted by atomic mass is 19.4. The van der Waals surface area contributed by atoms with Crippen LogP contribution >= 0.6 is 0 Å². The van der Waals surface area contributed by atoms with Gasteiger partial charge in [-0.25, -0.2) is 9.07 Å². The van der Waals surface area contributed by atoms with Gasteiger partial charge in [-0.2, -0.15) is 23.5 Å². The van der Waals surface area contributed by atoms with Gasteiger partial charge >= 0.3 is 6.18 Å². The molecular weight excluding hydrogens is 440 g/mol. The summed E-state index contributed by atoms with van der Waals surface area (Å²) >= 11 is 0. The number of rotatable bonds is 4. The van der Waals surface area contributed by atoms with Gasteiger partial charge < -0.3 is 9.64 Å². The van der Waals surface area contributed by atoms with E-state index in [2.05, 4.69) is 5.10 Å². The molecule has 0 bridgehead atoms. The first-order valence-corrected chi connectivity index (χ1v) is 9.98. The average molecular weight is 458 g/mol. The van der Waals surface area contributed by atoms with Gasteiger partial charge in [-0.05, 0) is 43.7 Å². The maximum Gasteiger partial charge on any atom is 0.425 e. The predicted octanol–water partition coefficient (Wildman–Crippen LogP) is 4.68. The molecule has 170 valence electrons. The first-order valence-electron chi connectivity index (χ1n) is 9.98. The minimum Gasteiger partial charge on any atom is -0.480 e. The molecule has 0 N–H and O–H groups in total. The van der Waals surface area contributed by atoms with Crippen molar-refractivity contribution in [1.82, 2.24) is 14.7 Å². The molecule has 0 saturated heterocycles. The number of hydrogen-bond acceptors (Lipinski definition) is 4. The summed E-state index contributed by atoms with van der Waals surface area (Å²) in [7, 11) is 0. The van der Waals surface area contributed by atoms with Crippen molar-refractivity contribution in [3.8, 4) is 17.5 Å². The summed E-state index contributed by atoms with van der Waals surface area (Å²) in [6.45, 7) is 2.70. The molecular formula is C23H18F4N4O2. The Morgan fingerprint density at radius 2 is 2.00 bits per heavy atom. The zero-order valence-electron chi connectivity index (χ0n) is 17.7. The van der Waals surface area contributed by atoms with Crippen LogP contribution in [0.4, 0.5) is 17.6 Å². The van der Waals surface area contributed by atoms with E-state index in [0.29, 0.717) is 16.8 Å². The number of aromatic nitrogens is 2. The van der Waals surface area contributed by atoms with Crippen LogP contribution in [0.1, 0.15) is 39.7 Å². The Morgan fingerprint density at radius 3 is 2.67 bits per heavy atom. The van der Waals surface area contributed by atoms with Gasteiger partial charge in [0, 0.05) is 18.3 Å². The highest BCUT2D eigenvalue weighted by Crippen LogP contribution is 2.31. The Hall–Kier alpha value is -3.87. The van der Waals surface area contributed by atoms with Gasteiger partial charge in [0.05, 0.1) is 29.4 Å². The standard InChI is InChI=1S/C23H18F4N4O2/c1-13-4-3-5-19(21(13)24)31-11-16-10-30(12-18(16)29-31)22(32)17-8-15(9-28)6-7-20(17)33-14(2)23(25,26)27/h3-8,11,14H,10,12H2,1-2H3. The second-order valence-corrected chi connectivity index (χ2v) is 7.74. The lowest BCUT2D eigenvalue weighted by atomic mass is 10.1. The number of benzene rings is 2. The van der Waals surface area contributed by atoms with E-state index in [9.17, 15) is 22.4 Å². The van der Waals surface area contributed by atoms with Crippen molar-refractivity contribution >= 4 is 5.91 Å². The number of amides is 1. The van der Waals surface area contributed by atoms with Gasteiger partial charge in [0.2, 0.25) is 0 Å². The molecule has 1 amide bonds. The molecule has 0 radical (unpaired) electrons. The molecule has 1 aromatic heterocycles. The van der Waals surface area contributed by atoms with Crippen LogP contribution in [0.2, 0.25) is 0 Å². The monoisotopic (exact) mass is 458 g/mol. The van der Waals surface area contributed by atoms with E-state index in [1.807, 2.05) is 6.07 Å². The van der Waals surface area contributed by atoms with Crippen LogP contribution in [0.3, 0.4) is 0 Å². The molecule has 1 atom stereocenters. The van der Waals surface area contributed by atoms with Crippen molar-refractivity contribution in [1.29, 1.82) is 5.26 Å². The van der Waals surface area contributed by atoms with E-state index in [1.54, 1.807) is 31.3 Å². The number of carbonyl (C=O) groups excluding carboxylic acids is 1. The smallest absolute Gasteiger partial charge is 0.425 e. The topological polar surface area (TPSA) is 71.2 Å². The first kappa shape index (κ1) is 22.3. The van der Waals surface area contributed by atoms with Crippen molar-refractivity contribution in [2.75, 3.05) is 0 Å². The number of aryl methyl sites for hydroxylation is 1. The molecule has 0 saturated carbocycles. The summed E-state index contributed by atoms with van der Waals surface area (Å²) in [5, 5.41) is 13.5. The van der Waals surface area contributed by atoms with Crippen LogP contribution in [0.25, 0.3) is 5.69 Å². The average Bonchev–Trinajstić information content (AvgIpc) is 3.34. The normalized spacial score (nSPS) is 14.0. The molecule has 33 heavy (non-hydrogen) atoms. The summed E-state index contributed by atoms with van der Waals surface area (Å²) < 4.78 is 59.8. The maximum atomic E-state index is 14.4. The van der Waals surface area contributed by atoms with Crippen molar-refractivity contribution in [3.63, 3.8) is 0 Å². The van der Waals surface area contributed by atoms with Crippen LogP contribution in [0.15, 0.2) is 42.6 Å². The Morgan fingerprint density at radius 1 is 1.24 bits per heavy atom. The Bertz CT molecular complexity index is 1250. The van der Waals surface area contributed by atoms with Crippen LogP contribution in [0, 0.1) is 24.1 Å². The van der Waals surface area contributed by atoms with Gasteiger partial charge in [0.15, 0.2) is 11.9 Å². The van der Waals surface area contributed by atoms with Gasteiger partial charge in [-0.15, -0.1) is 0 Å². The molecule has 3 aromatic rings. The molecule has 1 aliphatic rings. The maximum absolute atomic E-state index is 14.4.